The lowest BCUT2D eigenvalue weighted by Gasteiger charge is -2.07. The van der Waals surface area contributed by atoms with Gasteiger partial charge in [-0.25, -0.2) is 0 Å². The molecule has 0 saturated heterocycles. The molecule has 0 radical (unpaired) electrons. The highest BCUT2D eigenvalue weighted by atomic mass is 32.1. The summed E-state index contributed by atoms with van der Waals surface area (Å²) in [6.07, 6.45) is 9.67. The largest absolute Gasteiger partial charge is 0.356 e. The third-order valence-corrected chi connectivity index (χ3v) is 6.70. The van der Waals surface area contributed by atoms with Crippen LogP contribution in [0.2, 0.25) is 0 Å². The van der Waals surface area contributed by atoms with Gasteiger partial charge in [-0.15, -0.1) is 11.3 Å². The summed E-state index contributed by atoms with van der Waals surface area (Å²) in [6, 6.07) is 28.9. The molecule has 0 amide bonds. The maximum Gasteiger partial charge on any atom is 0.0664 e. The Morgan fingerprint density at radius 3 is 2.09 bits per heavy atom. The summed E-state index contributed by atoms with van der Waals surface area (Å²) < 4.78 is 1.33. The highest BCUT2D eigenvalue weighted by Gasteiger charge is 2.15. The van der Waals surface area contributed by atoms with E-state index in [-0.39, 0.29) is 0 Å². The van der Waals surface area contributed by atoms with Crippen molar-refractivity contribution in [2.45, 2.75) is 27.2 Å². The number of hydrogen-bond acceptors (Lipinski definition) is 3. The van der Waals surface area contributed by atoms with Crippen LogP contribution in [-0.2, 0) is 0 Å². The second kappa shape index (κ2) is 11.4. The lowest BCUT2D eigenvalue weighted by molar-refractivity contribution is 1.21. The van der Waals surface area contributed by atoms with Crippen LogP contribution >= 0.6 is 11.3 Å². The molecule has 4 aromatic rings. The average Bonchev–Trinajstić information content (AvgIpc) is 3.49. The fourth-order valence-corrected chi connectivity index (χ4v) is 5.11. The Balaban J connectivity index is 0.000000160. The number of hydrogen-bond donors (Lipinski definition) is 1. The molecule has 3 heteroatoms. The van der Waals surface area contributed by atoms with Crippen molar-refractivity contribution in [2.24, 2.45) is 4.99 Å². The summed E-state index contributed by atoms with van der Waals surface area (Å²) in [6.45, 7) is 6.19. The van der Waals surface area contributed by atoms with Crippen molar-refractivity contribution in [2.75, 3.05) is 5.32 Å². The van der Waals surface area contributed by atoms with Crippen LogP contribution < -0.4 is 5.32 Å². The molecule has 1 aliphatic heterocycles. The molecule has 0 bridgehead atoms. The first-order valence-corrected chi connectivity index (χ1v) is 12.6. The third-order valence-electron chi connectivity index (χ3n) is 5.56. The van der Waals surface area contributed by atoms with E-state index in [1.54, 1.807) is 0 Å². The molecular formula is C31H30N2S. The van der Waals surface area contributed by atoms with Crippen molar-refractivity contribution < 1.29 is 0 Å². The Bertz CT molecular complexity index is 1320. The maximum absolute atomic E-state index is 4.69. The van der Waals surface area contributed by atoms with Crippen molar-refractivity contribution >= 4 is 45.1 Å². The van der Waals surface area contributed by atoms with E-state index in [9.17, 15) is 0 Å². The fourth-order valence-electron chi connectivity index (χ4n) is 3.93. The Hall–Kier alpha value is -3.69. The molecular weight excluding hydrogens is 432 g/mol. The molecule has 170 valence electrons. The van der Waals surface area contributed by atoms with Gasteiger partial charge in [0.25, 0.3) is 0 Å². The molecule has 1 N–H and O–H groups in total. The number of anilines is 2. The van der Waals surface area contributed by atoms with Gasteiger partial charge in [0.15, 0.2) is 0 Å². The minimum absolute atomic E-state index is 1.01. The second-order valence-corrected chi connectivity index (χ2v) is 8.87. The van der Waals surface area contributed by atoms with Gasteiger partial charge in [0.1, 0.15) is 0 Å². The molecule has 2 aliphatic rings. The van der Waals surface area contributed by atoms with Crippen molar-refractivity contribution in [3.63, 3.8) is 0 Å². The minimum Gasteiger partial charge on any atom is -0.356 e. The molecule has 1 aromatic heterocycles. The highest BCUT2D eigenvalue weighted by molar-refractivity contribution is 7.20. The van der Waals surface area contributed by atoms with Crippen LogP contribution in [0.15, 0.2) is 119 Å². The predicted octanol–water partition coefficient (Wildman–Crippen LogP) is 9.41. The van der Waals surface area contributed by atoms with Crippen LogP contribution in [0.3, 0.4) is 0 Å². The normalized spacial score (nSPS) is 15.0. The number of fused-ring (bicyclic) bond motifs is 3. The summed E-state index contributed by atoms with van der Waals surface area (Å²) in [7, 11) is 0. The van der Waals surface area contributed by atoms with Crippen LogP contribution in [0.5, 0.6) is 0 Å². The van der Waals surface area contributed by atoms with Gasteiger partial charge in [-0.3, -0.25) is 4.99 Å². The number of nitrogens with zero attached hydrogens (tertiary/aromatic N) is 1. The van der Waals surface area contributed by atoms with E-state index in [1.165, 1.54) is 31.7 Å². The number of allylic oxidation sites excluding steroid dienone is 4. The zero-order valence-corrected chi connectivity index (χ0v) is 20.8. The minimum atomic E-state index is 1.01. The summed E-state index contributed by atoms with van der Waals surface area (Å²) in [5.74, 6) is 0. The lowest BCUT2D eigenvalue weighted by Crippen LogP contribution is -1.91. The molecule has 6 rings (SSSR count). The molecule has 34 heavy (non-hydrogen) atoms. The summed E-state index contributed by atoms with van der Waals surface area (Å²) >= 11 is 1.85. The molecule has 0 unspecified atom stereocenters. The van der Waals surface area contributed by atoms with E-state index in [4.69, 9.17) is 4.99 Å². The number of para-hydroxylation sites is 2. The van der Waals surface area contributed by atoms with E-state index in [1.807, 2.05) is 92.1 Å². The SMILES string of the molecule is C/C1=C\c2sc3ccccc3c2C=NC2=C1CC=C2.CC.c1ccc(Nc2ccccc2)cc1. The van der Waals surface area contributed by atoms with Crippen molar-refractivity contribution in [3.8, 4) is 0 Å². The van der Waals surface area contributed by atoms with E-state index in [0.717, 1.165) is 23.5 Å². The van der Waals surface area contributed by atoms with Gasteiger partial charge in [-0.1, -0.05) is 74.5 Å². The Labute approximate surface area is 206 Å². The zero-order valence-electron chi connectivity index (χ0n) is 20.0. The predicted molar refractivity (Wildman–Crippen MR) is 151 cm³/mol. The summed E-state index contributed by atoms with van der Waals surface area (Å²) in [5.41, 5.74) is 7.31. The quantitative estimate of drug-likeness (QED) is 0.315. The first-order valence-electron chi connectivity index (χ1n) is 11.8. The topological polar surface area (TPSA) is 24.4 Å². The Kier molecular flexibility index (Phi) is 7.90. The zero-order chi connectivity index (χ0) is 23.8. The van der Waals surface area contributed by atoms with E-state index in [0.29, 0.717) is 0 Å². The Morgan fingerprint density at radius 2 is 1.41 bits per heavy atom. The third kappa shape index (κ3) is 5.44. The lowest BCUT2D eigenvalue weighted by atomic mass is 10.0. The van der Waals surface area contributed by atoms with Crippen LogP contribution in [0, 0.1) is 0 Å². The molecule has 3 aromatic carbocycles. The summed E-state index contributed by atoms with van der Waals surface area (Å²) in [5, 5.41) is 4.61. The maximum atomic E-state index is 4.69. The number of aliphatic imine (C=N–C) groups is 1. The van der Waals surface area contributed by atoms with Crippen LogP contribution in [-0.4, -0.2) is 6.21 Å². The molecule has 0 saturated carbocycles. The van der Waals surface area contributed by atoms with Gasteiger partial charge >= 0.3 is 0 Å². The first-order chi connectivity index (χ1) is 16.8. The second-order valence-electron chi connectivity index (χ2n) is 7.79. The van der Waals surface area contributed by atoms with Gasteiger partial charge in [-0.2, -0.15) is 0 Å². The van der Waals surface area contributed by atoms with Crippen LogP contribution in [0.4, 0.5) is 11.4 Å². The smallest absolute Gasteiger partial charge is 0.0664 e. The first kappa shape index (κ1) is 23.5. The molecule has 2 heterocycles. The van der Waals surface area contributed by atoms with Gasteiger partial charge < -0.3 is 5.32 Å². The van der Waals surface area contributed by atoms with Crippen molar-refractivity contribution in [3.05, 3.63) is 124 Å². The van der Waals surface area contributed by atoms with Gasteiger partial charge in [0.2, 0.25) is 0 Å². The molecule has 2 nitrogen and oxygen atoms in total. The van der Waals surface area contributed by atoms with E-state index in [2.05, 4.69) is 54.7 Å². The molecule has 0 fully saturated rings. The molecule has 0 spiro atoms. The Morgan fingerprint density at radius 1 is 0.794 bits per heavy atom. The molecule has 1 aliphatic carbocycles. The number of nitrogens with one attached hydrogen (secondary N) is 1. The van der Waals surface area contributed by atoms with E-state index < -0.39 is 0 Å². The fraction of sp³-hybridized carbons (Fsp3) is 0.129. The van der Waals surface area contributed by atoms with Crippen LogP contribution in [0.25, 0.3) is 16.2 Å². The highest BCUT2D eigenvalue weighted by Crippen LogP contribution is 2.36. The monoisotopic (exact) mass is 462 g/mol. The van der Waals surface area contributed by atoms with Crippen molar-refractivity contribution in [1.29, 1.82) is 0 Å². The number of thiophene rings is 1. The molecule has 0 atom stereocenters. The number of benzene rings is 3. The summed E-state index contributed by atoms with van der Waals surface area (Å²) in [4.78, 5) is 6.01. The number of rotatable bonds is 2. The van der Waals surface area contributed by atoms with Crippen molar-refractivity contribution in [1.82, 2.24) is 0 Å². The van der Waals surface area contributed by atoms with Gasteiger partial charge in [0.05, 0.1) is 5.70 Å². The standard InChI is InChI=1S/C17H13NS.C12H11N.C2H6/c1-11-9-17-14(10-18-15-7-4-6-12(11)15)13-5-2-3-8-16(13)19-17;1-3-7-11(8-4-1)13-12-9-5-2-6-10-12;1-2/h2-5,7-10H,6H2,1H3;1-10,13H;1-2H3/b11-9+,12-11?,14-10?,17-9?,18-10?,18-15?;;. The van der Waals surface area contributed by atoms with Crippen LogP contribution in [0.1, 0.15) is 37.6 Å². The average molecular weight is 463 g/mol. The van der Waals surface area contributed by atoms with E-state index >= 15 is 0 Å². The van der Waals surface area contributed by atoms with Gasteiger partial charge in [-0.05, 0) is 67.0 Å². The van der Waals surface area contributed by atoms with Gasteiger partial charge in [0, 0.05) is 38.1 Å².